The Balaban J connectivity index is 1.27. The fourth-order valence-electron chi connectivity index (χ4n) is 3.19. The van der Waals surface area contributed by atoms with E-state index in [1.165, 1.54) is 6.07 Å². The lowest BCUT2D eigenvalue weighted by Crippen LogP contribution is -2.47. The largest absolute Gasteiger partial charge is 0.356 e. The minimum atomic E-state index is -0.245. The molecule has 0 aliphatic carbocycles. The molecule has 3 rings (SSSR count). The number of carbonyl (C=O) groups is 1. The number of halogens is 1. The normalized spacial score (nSPS) is 14.9. The average Bonchev–Trinajstić information content (AvgIpc) is 2.72. The van der Waals surface area contributed by atoms with Gasteiger partial charge in [-0.1, -0.05) is 18.2 Å². The molecule has 6 nitrogen and oxygen atoms in total. The van der Waals surface area contributed by atoms with Gasteiger partial charge in [0.2, 0.25) is 11.9 Å². The third-order valence-electron chi connectivity index (χ3n) is 4.76. The summed E-state index contributed by atoms with van der Waals surface area (Å²) in [6.07, 6.45) is 5.19. The topological polar surface area (TPSA) is 61.4 Å². The van der Waals surface area contributed by atoms with Gasteiger partial charge in [-0.25, -0.2) is 14.4 Å². The summed E-state index contributed by atoms with van der Waals surface area (Å²) < 4.78 is 13.5. The molecular formula is C20H26FN5O. The van der Waals surface area contributed by atoms with Crippen molar-refractivity contribution in [1.82, 2.24) is 20.2 Å². The fourth-order valence-corrected chi connectivity index (χ4v) is 3.19. The Labute approximate surface area is 159 Å². The van der Waals surface area contributed by atoms with Crippen molar-refractivity contribution in [3.63, 3.8) is 0 Å². The summed E-state index contributed by atoms with van der Waals surface area (Å²) in [6, 6.07) is 8.43. The SMILES string of the molecule is O=C(CCc1ccccc1F)NCCCN1CCN(c2ncccn2)CC1. The quantitative estimate of drug-likeness (QED) is 0.718. The molecule has 0 bridgehead atoms. The Hall–Kier alpha value is -2.54. The van der Waals surface area contributed by atoms with Gasteiger partial charge in [-0.05, 0) is 37.1 Å². The smallest absolute Gasteiger partial charge is 0.225 e. The number of carbonyl (C=O) groups excluding carboxylic acids is 1. The summed E-state index contributed by atoms with van der Waals surface area (Å²) >= 11 is 0. The molecule has 1 saturated heterocycles. The standard InChI is InChI=1S/C20H26FN5O/c21-18-6-2-1-5-17(18)7-8-19(27)22-11-4-12-25-13-15-26(16-14-25)20-23-9-3-10-24-20/h1-3,5-6,9-10H,4,7-8,11-16H2,(H,22,27). The summed E-state index contributed by atoms with van der Waals surface area (Å²) in [7, 11) is 0. The van der Waals surface area contributed by atoms with Gasteiger partial charge < -0.3 is 10.2 Å². The number of anilines is 1. The van der Waals surface area contributed by atoms with E-state index >= 15 is 0 Å². The van der Waals surface area contributed by atoms with Crippen LogP contribution in [0.5, 0.6) is 0 Å². The van der Waals surface area contributed by atoms with Crippen LogP contribution in [0.25, 0.3) is 0 Å². The summed E-state index contributed by atoms with van der Waals surface area (Å²) in [4.78, 5) is 25.1. The molecule has 1 aliphatic heterocycles. The molecule has 0 saturated carbocycles. The van der Waals surface area contributed by atoms with Crippen LogP contribution in [-0.2, 0) is 11.2 Å². The van der Waals surface area contributed by atoms with Crippen molar-refractivity contribution >= 4 is 11.9 Å². The molecule has 0 unspecified atom stereocenters. The summed E-state index contributed by atoms with van der Waals surface area (Å²) in [5.74, 6) is 0.522. The van der Waals surface area contributed by atoms with Crippen LogP contribution in [0, 0.1) is 5.82 Å². The van der Waals surface area contributed by atoms with E-state index in [1.807, 2.05) is 6.07 Å². The first-order valence-electron chi connectivity index (χ1n) is 9.47. The molecule has 144 valence electrons. The van der Waals surface area contributed by atoms with E-state index in [1.54, 1.807) is 30.6 Å². The van der Waals surface area contributed by atoms with Crippen LogP contribution in [0.2, 0.25) is 0 Å². The number of hydrogen-bond acceptors (Lipinski definition) is 5. The lowest BCUT2D eigenvalue weighted by Gasteiger charge is -2.34. The first kappa shape index (κ1) is 19.2. The summed E-state index contributed by atoms with van der Waals surface area (Å²) in [5.41, 5.74) is 0.591. The van der Waals surface area contributed by atoms with Gasteiger partial charge in [-0.3, -0.25) is 9.69 Å². The van der Waals surface area contributed by atoms with Crippen LogP contribution >= 0.6 is 0 Å². The van der Waals surface area contributed by atoms with Crippen molar-refractivity contribution < 1.29 is 9.18 Å². The molecule has 7 heteroatoms. The number of benzene rings is 1. The van der Waals surface area contributed by atoms with Gasteiger partial charge in [0.1, 0.15) is 5.82 Å². The Morgan fingerprint density at radius 2 is 1.81 bits per heavy atom. The first-order chi connectivity index (χ1) is 13.2. The highest BCUT2D eigenvalue weighted by Crippen LogP contribution is 2.10. The van der Waals surface area contributed by atoms with Crippen LogP contribution in [0.4, 0.5) is 10.3 Å². The molecule has 2 heterocycles. The van der Waals surface area contributed by atoms with Gasteiger partial charge in [0.15, 0.2) is 0 Å². The molecule has 0 radical (unpaired) electrons. The number of hydrogen-bond donors (Lipinski definition) is 1. The van der Waals surface area contributed by atoms with Gasteiger partial charge in [0.05, 0.1) is 0 Å². The van der Waals surface area contributed by atoms with Crippen molar-refractivity contribution in [3.8, 4) is 0 Å². The van der Waals surface area contributed by atoms with E-state index in [0.717, 1.165) is 45.1 Å². The van der Waals surface area contributed by atoms with Gasteiger partial charge >= 0.3 is 0 Å². The lowest BCUT2D eigenvalue weighted by molar-refractivity contribution is -0.121. The molecule has 1 fully saturated rings. The molecular weight excluding hydrogens is 345 g/mol. The van der Waals surface area contributed by atoms with Gasteiger partial charge in [-0.15, -0.1) is 0 Å². The third-order valence-corrected chi connectivity index (χ3v) is 4.76. The van der Waals surface area contributed by atoms with Crippen LogP contribution in [-0.4, -0.2) is 60.0 Å². The second-order valence-electron chi connectivity index (χ2n) is 6.67. The zero-order valence-corrected chi connectivity index (χ0v) is 15.5. The predicted octanol–water partition coefficient (Wildman–Crippen LogP) is 1.88. The highest BCUT2D eigenvalue weighted by atomic mass is 19.1. The maximum Gasteiger partial charge on any atom is 0.225 e. The molecule has 1 N–H and O–H groups in total. The minimum absolute atomic E-state index is 0.0238. The van der Waals surface area contributed by atoms with Crippen molar-refractivity contribution in [2.45, 2.75) is 19.3 Å². The highest BCUT2D eigenvalue weighted by Gasteiger charge is 2.18. The van der Waals surface area contributed by atoms with Gasteiger partial charge in [0.25, 0.3) is 0 Å². The Kier molecular flexibility index (Phi) is 7.10. The number of nitrogens with zero attached hydrogens (tertiary/aromatic N) is 4. The second kappa shape index (κ2) is 9.97. The van der Waals surface area contributed by atoms with E-state index in [9.17, 15) is 9.18 Å². The Bertz CT molecular complexity index is 719. The van der Waals surface area contributed by atoms with Crippen molar-refractivity contribution in [1.29, 1.82) is 0 Å². The number of piperazine rings is 1. The second-order valence-corrected chi connectivity index (χ2v) is 6.67. The maximum atomic E-state index is 13.5. The van der Waals surface area contributed by atoms with E-state index < -0.39 is 0 Å². The molecule has 0 atom stereocenters. The monoisotopic (exact) mass is 371 g/mol. The zero-order valence-electron chi connectivity index (χ0n) is 15.5. The van der Waals surface area contributed by atoms with Gasteiger partial charge in [-0.2, -0.15) is 0 Å². The molecule has 1 aliphatic rings. The molecule has 1 aromatic heterocycles. The number of rotatable bonds is 8. The van der Waals surface area contributed by atoms with Gasteiger partial charge in [0, 0.05) is 51.5 Å². The lowest BCUT2D eigenvalue weighted by atomic mass is 10.1. The molecule has 0 spiro atoms. The van der Waals surface area contributed by atoms with Crippen LogP contribution in [0.1, 0.15) is 18.4 Å². The van der Waals surface area contributed by atoms with E-state index in [2.05, 4.69) is 25.1 Å². The predicted molar refractivity (Wildman–Crippen MR) is 103 cm³/mol. The summed E-state index contributed by atoms with van der Waals surface area (Å²) in [5, 5.41) is 2.93. The number of aryl methyl sites for hydroxylation is 1. The Morgan fingerprint density at radius 3 is 2.56 bits per heavy atom. The van der Waals surface area contributed by atoms with E-state index in [-0.39, 0.29) is 11.7 Å². The number of nitrogens with one attached hydrogen (secondary N) is 1. The first-order valence-corrected chi connectivity index (χ1v) is 9.47. The van der Waals surface area contributed by atoms with Crippen LogP contribution in [0.3, 0.4) is 0 Å². The van der Waals surface area contributed by atoms with E-state index in [0.29, 0.717) is 24.9 Å². The van der Waals surface area contributed by atoms with E-state index in [4.69, 9.17) is 0 Å². The zero-order chi connectivity index (χ0) is 18.9. The van der Waals surface area contributed by atoms with Crippen molar-refractivity contribution in [3.05, 3.63) is 54.1 Å². The van der Waals surface area contributed by atoms with Crippen LogP contribution < -0.4 is 10.2 Å². The average molecular weight is 371 g/mol. The van der Waals surface area contributed by atoms with Crippen molar-refractivity contribution in [2.75, 3.05) is 44.2 Å². The van der Waals surface area contributed by atoms with Crippen LogP contribution in [0.15, 0.2) is 42.7 Å². The molecule has 2 aromatic rings. The highest BCUT2D eigenvalue weighted by molar-refractivity contribution is 5.76. The third kappa shape index (κ3) is 5.99. The fraction of sp³-hybridized carbons (Fsp3) is 0.450. The molecule has 1 aromatic carbocycles. The summed E-state index contributed by atoms with van der Waals surface area (Å²) in [6.45, 7) is 5.38. The number of aromatic nitrogens is 2. The number of amides is 1. The molecule has 27 heavy (non-hydrogen) atoms. The molecule has 1 amide bonds. The minimum Gasteiger partial charge on any atom is -0.356 e. The maximum absolute atomic E-state index is 13.5. The van der Waals surface area contributed by atoms with Crippen molar-refractivity contribution in [2.24, 2.45) is 0 Å². The Morgan fingerprint density at radius 1 is 1.07 bits per heavy atom.